The Labute approximate surface area is 139 Å². The summed E-state index contributed by atoms with van der Waals surface area (Å²) in [5, 5.41) is 11.4. The van der Waals surface area contributed by atoms with Gasteiger partial charge in [-0.15, -0.1) is 10.2 Å². The van der Waals surface area contributed by atoms with E-state index in [1.54, 1.807) is 23.1 Å². The summed E-state index contributed by atoms with van der Waals surface area (Å²) in [6.07, 6.45) is 6.01. The first-order valence-corrected chi connectivity index (χ1v) is 10.4. The van der Waals surface area contributed by atoms with Crippen molar-refractivity contribution >= 4 is 40.8 Å². The molecule has 7 heteroatoms. The number of nitrogens with zero attached hydrogens (tertiary/aromatic N) is 2. The second kappa shape index (κ2) is 9.00. The molecule has 1 fully saturated rings. The van der Waals surface area contributed by atoms with Gasteiger partial charge in [-0.05, 0) is 25.2 Å². The van der Waals surface area contributed by atoms with Crippen LogP contribution in [0.1, 0.15) is 46.0 Å². The second-order valence-electron chi connectivity index (χ2n) is 5.41. The van der Waals surface area contributed by atoms with E-state index in [1.165, 1.54) is 31.0 Å². The first-order chi connectivity index (χ1) is 10.2. The number of nitrogens with one attached hydrogen (secondary N) is 1. The van der Waals surface area contributed by atoms with Gasteiger partial charge >= 0.3 is 0 Å². The van der Waals surface area contributed by atoms with E-state index < -0.39 is 0 Å². The van der Waals surface area contributed by atoms with Crippen molar-refractivity contribution in [2.45, 2.75) is 60.7 Å². The molecule has 1 amide bonds. The highest BCUT2D eigenvalue weighted by Crippen LogP contribution is 2.29. The molecule has 2 atom stereocenters. The molecule has 0 aliphatic heterocycles. The Balaban J connectivity index is 1.71. The van der Waals surface area contributed by atoms with E-state index in [-0.39, 0.29) is 5.91 Å². The minimum atomic E-state index is 0.122. The molecule has 1 aromatic heterocycles. The lowest BCUT2D eigenvalue weighted by Gasteiger charge is -2.29. The third kappa shape index (κ3) is 5.79. The molecule has 0 saturated heterocycles. The van der Waals surface area contributed by atoms with Crippen molar-refractivity contribution in [2.75, 3.05) is 11.5 Å². The smallest absolute Gasteiger partial charge is 0.230 e. The molecule has 1 N–H and O–H groups in total. The van der Waals surface area contributed by atoms with Gasteiger partial charge < -0.3 is 5.32 Å². The predicted molar refractivity (Wildman–Crippen MR) is 91.2 cm³/mol. The Morgan fingerprint density at radius 2 is 2.00 bits per heavy atom. The fraction of sp³-hybridized carbons (Fsp3) is 0.786. The van der Waals surface area contributed by atoms with Gasteiger partial charge in [0.1, 0.15) is 0 Å². The first-order valence-electron chi connectivity index (χ1n) is 7.57. The van der Waals surface area contributed by atoms with Crippen LogP contribution >= 0.6 is 34.9 Å². The molecular weight excluding hydrogens is 322 g/mol. The summed E-state index contributed by atoms with van der Waals surface area (Å²) in [4.78, 5) is 12.0. The number of carbonyl (C=O) groups excluding carboxylic acids is 1. The first kappa shape index (κ1) is 17.1. The number of carbonyl (C=O) groups is 1. The molecule has 0 bridgehead atoms. The summed E-state index contributed by atoms with van der Waals surface area (Å²) in [6, 6.07) is 0.358. The van der Waals surface area contributed by atoms with E-state index in [1.807, 2.05) is 0 Å². The second-order valence-corrected chi connectivity index (χ2v) is 8.95. The molecule has 2 rings (SSSR count). The number of hydrogen-bond donors (Lipinski definition) is 1. The quantitative estimate of drug-likeness (QED) is 0.761. The van der Waals surface area contributed by atoms with Crippen molar-refractivity contribution in [2.24, 2.45) is 5.92 Å². The molecule has 0 radical (unpaired) electrons. The number of hydrogen-bond acceptors (Lipinski definition) is 6. The highest BCUT2D eigenvalue weighted by Gasteiger charge is 2.22. The molecule has 1 heterocycles. The SMILES string of the molecule is CCCSc1nnc(SCC(=O)N[C@@H]2CCCC[C@@H]2C)s1. The molecule has 0 aromatic carbocycles. The van der Waals surface area contributed by atoms with Gasteiger partial charge in [0, 0.05) is 11.8 Å². The summed E-state index contributed by atoms with van der Waals surface area (Å²) < 4.78 is 1.89. The molecule has 4 nitrogen and oxygen atoms in total. The lowest BCUT2D eigenvalue weighted by Crippen LogP contribution is -2.41. The lowest BCUT2D eigenvalue weighted by molar-refractivity contribution is -0.119. The van der Waals surface area contributed by atoms with E-state index in [0.717, 1.165) is 27.3 Å². The molecule has 1 aliphatic carbocycles. The Hall–Kier alpha value is -0.270. The number of aromatic nitrogens is 2. The van der Waals surface area contributed by atoms with Gasteiger partial charge in [0.15, 0.2) is 8.68 Å². The Morgan fingerprint density at radius 1 is 1.29 bits per heavy atom. The van der Waals surface area contributed by atoms with E-state index in [2.05, 4.69) is 29.4 Å². The minimum Gasteiger partial charge on any atom is -0.352 e. The maximum absolute atomic E-state index is 12.0. The molecule has 1 aromatic rings. The maximum Gasteiger partial charge on any atom is 0.230 e. The van der Waals surface area contributed by atoms with E-state index in [0.29, 0.717) is 17.7 Å². The largest absolute Gasteiger partial charge is 0.352 e. The van der Waals surface area contributed by atoms with E-state index in [9.17, 15) is 4.79 Å². The fourth-order valence-corrected chi connectivity index (χ4v) is 5.17. The van der Waals surface area contributed by atoms with Crippen LogP contribution in [0.5, 0.6) is 0 Å². The summed E-state index contributed by atoms with van der Waals surface area (Å²) in [5.41, 5.74) is 0. The maximum atomic E-state index is 12.0. The summed E-state index contributed by atoms with van der Waals surface area (Å²) in [7, 11) is 0. The van der Waals surface area contributed by atoms with Crippen molar-refractivity contribution in [3.63, 3.8) is 0 Å². The van der Waals surface area contributed by atoms with Crippen molar-refractivity contribution in [1.29, 1.82) is 0 Å². The van der Waals surface area contributed by atoms with E-state index in [4.69, 9.17) is 0 Å². The zero-order chi connectivity index (χ0) is 15.1. The van der Waals surface area contributed by atoms with Crippen LogP contribution in [-0.4, -0.2) is 33.7 Å². The molecule has 21 heavy (non-hydrogen) atoms. The van der Waals surface area contributed by atoms with Crippen molar-refractivity contribution in [3.05, 3.63) is 0 Å². The van der Waals surface area contributed by atoms with Crippen molar-refractivity contribution < 1.29 is 4.79 Å². The third-order valence-electron chi connectivity index (χ3n) is 3.60. The topological polar surface area (TPSA) is 54.9 Å². The predicted octanol–water partition coefficient (Wildman–Crippen LogP) is 3.83. The molecule has 0 spiro atoms. The number of thioether (sulfide) groups is 2. The zero-order valence-electron chi connectivity index (χ0n) is 12.6. The Kier molecular flexibility index (Phi) is 7.33. The molecule has 118 valence electrons. The summed E-state index contributed by atoms with van der Waals surface area (Å²) >= 11 is 4.81. The standard InChI is InChI=1S/C14H23N3OS3/c1-3-8-19-13-16-17-14(21-13)20-9-12(18)15-11-7-5-4-6-10(11)2/h10-11H,3-9H2,1-2H3,(H,15,18)/t10-,11+/m0/s1. The Bertz CT molecular complexity index is 452. The van der Waals surface area contributed by atoms with Crippen LogP contribution in [0.4, 0.5) is 0 Å². The van der Waals surface area contributed by atoms with Crippen LogP contribution in [0.2, 0.25) is 0 Å². The number of amides is 1. The average Bonchev–Trinajstić information content (AvgIpc) is 2.93. The zero-order valence-corrected chi connectivity index (χ0v) is 15.1. The van der Waals surface area contributed by atoms with Crippen LogP contribution in [0.25, 0.3) is 0 Å². The average molecular weight is 346 g/mol. The van der Waals surface area contributed by atoms with Gasteiger partial charge in [-0.2, -0.15) is 0 Å². The van der Waals surface area contributed by atoms with Crippen LogP contribution in [-0.2, 0) is 4.79 Å². The van der Waals surface area contributed by atoms with Gasteiger partial charge in [0.2, 0.25) is 5.91 Å². The molecule has 1 aliphatic rings. The van der Waals surface area contributed by atoms with Gasteiger partial charge in [-0.3, -0.25) is 4.79 Å². The van der Waals surface area contributed by atoms with Gasteiger partial charge in [-0.25, -0.2) is 0 Å². The highest BCUT2D eigenvalue weighted by molar-refractivity contribution is 8.03. The minimum absolute atomic E-state index is 0.122. The molecule has 0 unspecified atom stereocenters. The lowest BCUT2D eigenvalue weighted by atomic mass is 9.86. The van der Waals surface area contributed by atoms with E-state index >= 15 is 0 Å². The van der Waals surface area contributed by atoms with Crippen molar-refractivity contribution in [3.8, 4) is 0 Å². The normalized spacial score (nSPS) is 22.2. The monoisotopic (exact) mass is 345 g/mol. The van der Waals surface area contributed by atoms with Crippen LogP contribution in [0.15, 0.2) is 8.68 Å². The summed E-state index contributed by atoms with van der Waals surface area (Å²) in [6.45, 7) is 4.39. The van der Waals surface area contributed by atoms with Crippen LogP contribution < -0.4 is 5.32 Å². The van der Waals surface area contributed by atoms with Gasteiger partial charge in [0.25, 0.3) is 0 Å². The molecular formula is C14H23N3OS3. The van der Waals surface area contributed by atoms with Crippen LogP contribution in [0.3, 0.4) is 0 Å². The van der Waals surface area contributed by atoms with Crippen molar-refractivity contribution in [1.82, 2.24) is 15.5 Å². The van der Waals surface area contributed by atoms with Crippen LogP contribution in [0, 0.1) is 5.92 Å². The third-order valence-corrected chi connectivity index (χ3v) is 7.00. The van der Waals surface area contributed by atoms with Gasteiger partial charge in [0.05, 0.1) is 5.75 Å². The summed E-state index contributed by atoms with van der Waals surface area (Å²) in [5.74, 6) is 2.23. The highest BCUT2D eigenvalue weighted by atomic mass is 32.2. The fourth-order valence-electron chi connectivity index (χ4n) is 2.41. The molecule has 1 saturated carbocycles. The number of rotatable bonds is 7. The Morgan fingerprint density at radius 3 is 2.71 bits per heavy atom. The van der Waals surface area contributed by atoms with Gasteiger partial charge in [-0.1, -0.05) is 61.5 Å².